The second-order valence-electron chi connectivity index (χ2n) is 9.78. The lowest BCUT2D eigenvalue weighted by Gasteiger charge is -2.36. The zero-order valence-electron chi connectivity index (χ0n) is 19.5. The summed E-state index contributed by atoms with van der Waals surface area (Å²) in [5.74, 6) is -0.206. The van der Waals surface area contributed by atoms with Gasteiger partial charge in [-0.3, -0.25) is 9.69 Å². The van der Waals surface area contributed by atoms with E-state index in [0.717, 1.165) is 57.2 Å². The lowest BCUT2D eigenvalue weighted by molar-refractivity contribution is -0.137. The number of piperazine rings is 1. The first-order chi connectivity index (χ1) is 16.4. The van der Waals surface area contributed by atoms with Gasteiger partial charge in [0, 0.05) is 56.6 Å². The Hall–Kier alpha value is -2.54. The molecule has 2 aliphatic heterocycles. The van der Waals surface area contributed by atoms with Gasteiger partial charge in [0.1, 0.15) is 0 Å². The highest BCUT2D eigenvalue weighted by Crippen LogP contribution is 2.30. The van der Waals surface area contributed by atoms with Crippen LogP contribution in [0.2, 0.25) is 0 Å². The van der Waals surface area contributed by atoms with Gasteiger partial charge in [0.15, 0.2) is 0 Å². The molecule has 4 nitrogen and oxygen atoms in total. The van der Waals surface area contributed by atoms with Crippen molar-refractivity contribution in [2.45, 2.75) is 50.7 Å². The van der Waals surface area contributed by atoms with Crippen LogP contribution in [-0.4, -0.2) is 61.0 Å². The number of hydrogen-bond acceptors (Lipinski definition) is 3. The fraction of sp³-hybridized carbons (Fsp3) is 0.519. The predicted octanol–water partition coefficient (Wildman–Crippen LogP) is 5.01. The Morgan fingerprint density at radius 2 is 1.44 bits per heavy atom. The van der Waals surface area contributed by atoms with Gasteiger partial charge in [-0.15, -0.1) is 0 Å². The van der Waals surface area contributed by atoms with Crippen LogP contribution in [0.5, 0.6) is 0 Å². The van der Waals surface area contributed by atoms with Crippen LogP contribution in [0.15, 0.2) is 42.5 Å². The van der Waals surface area contributed by atoms with Gasteiger partial charge in [0.05, 0.1) is 5.56 Å². The second kappa shape index (κ2) is 9.61. The van der Waals surface area contributed by atoms with Crippen LogP contribution in [0.3, 0.4) is 0 Å². The molecule has 2 aromatic carbocycles. The second-order valence-corrected chi connectivity index (χ2v) is 9.78. The third kappa shape index (κ3) is 4.95. The predicted molar refractivity (Wildman–Crippen MR) is 127 cm³/mol. The lowest BCUT2D eigenvalue weighted by atomic mass is 10.0. The molecule has 1 saturated heterocycles. The topological polar surface area (TPSA) is 26.8 Å². The number of benzene rings is 2. The number of hydrogen-bond donors (Lipinski definition) is 0. The van der Waals surface area contributed by atoms with Crippen molar-refractivity contribution in [3.05, 3.63) is 64.7 Å². The van der Waals surface area contributed by atoms with E-state index in [1.165, 1.54) is 54.6 Å². The number of amides is 1. The molecule has 7 heteroatoms. The molecule has 0 bridgehead atoms. The van der Waals surface area contributed by atoms with Gasteiger partial charge in [0.2, 0.25) is 0 Å². The van der Waals surface area contributed by atoms with Crippen molar-refractivity contribution >= 4 is 11.6 Å². The molecule has 0 radical (unpaired) electrons. The van der Waals surface area contributed by atoms with Gasteiger partial charge in [-0.05, 0) is 73.2 Å². The fourth-order valence-electron chi connectivity index (χ4n) is 5.71. The summed E-state index contributed by atoms with van der Waals surface area (Å²) in [6.45, 7) is 4.86. The van der Waals surface area contributed by atoms with E-state index >= 15 is 0 Å². The van der Waals surface area contributed by atoms with E-state index < -0.39 is 11.7 Å². The molecule has 2 heterocycles. The summed E-state index contributed by atoms with van der Waals surface area (Å²) in [5, 5.41) is 0. The molecule has 1 saturated carbocycles. The molecule has 0 atom stereocenters. The first kappa shape index (κ1) is 23.2. The summed E-state index contributed by atoms with van der Waals surface area (Å²) in [7, 11) is 0. The number of fused-ring (bicyclic) bond motifs is 1. The Morgan fingerprint density at radius 1 is 0.794 bits per heavy atom. The van der Waals surface area contributed by atoms with Crippen LogP contribution in [0.1, 0.15) is 52.7 Å². The standard InChI is InChI=1S/C27H32F3N3O/c28-27(29,30)23-8-5-21(6-9-23)26(34)33-17-15-32(16-18-33)25-10-7-20-11-13-31(14-12-22(20)19-25)24-3-1-2-4-24/h5-10,19,24H,1-4,11-18H2. The monoisotopic (exact) mass is 471 g/mol. The molecule has 0 spiro atoms. The highest BCUT2D eigenvalue weighted by molar-refractivity contribution is 5.94. The van der Waals surface area contributed by atoms with Gasteiger partial charge < -0.3 is 9.80 Å². The zero-order valence-corrected chi connectivity index (χ0v) is 19.5. The quantitative estimate of drug-likeness (QED) is 0.630. The number of carbonyl (C=O) groups excluding carboxylic acids is 1. The molecule has 0 unspecified atom stereocenters. The van der Waals surface area contributed by atoms with Gasteiger partial charge in [0.25, 0.3) is 5.91 Å². The van der Waals surface area contributed by atoms with E-state index in [-0.39, 0.29) is 5.91 Å². The van der Waals surface area contributed by atoms with Crippen molar-refractivity contribution in [1.29, 1.82) is 0 Å². The third-order valence-corrected chi connectivity index (χ3v) is 7.76. The van der Waals surface area contributed by atoms with Crippen molar-refractivity contribution in [2.24, 2.45) is 0 Å². The van der Waals surface area contributed by atoms with Crippen molar-refractivity contribution in [2.75, 3.05) is 44.2 Å². The largest absolute Gasteiger partial charge is 0.416 e. The number of carbonyl (C=O) groups is 1. The van der Waals surface area contributed by atoms with E-state index in [2.05, 4.69) is 28.0 Å². The normalized spacial score (nSPS) is 20.3. The SMILES string of the molecule is O=C(c1ccc(C(F)(F)F)cc1)N1CCN(c2ccc3c(c2)CCN(C2CCCC2)CC3)CC1. The minimum Gasteiger partial charge on any atom is -0.368 e. The van der Waals surface area contributed by atoms with E-state index in [9.17, 15) is 18.0 Å². The average molecular weight is 472 g/mol. The van der Waals surface area contributed by atoms with Crippen molar-refractivity contribution in [3.63, 3.8) is 0 Å². The Morgan fingerprint density at radius 3 is 2.09 bits per heavy atom. The van der Waals surface area contributed by atoms with Crippen molar-refractivity contribution < 1.29 is 18.0 Å². The smallest absolute Gasteiger partial charge is 0.368 e. The van der Waals surface area contributed by atoms with Crippen LogP contribution in [-0.2, 0) is 19.0 Å². The van der Waals surface area contributed by atoms with Gasteiger partial charge in [-0.25, -0.2) is 0 Å². The minimum atomic E-state index is -4.39. The first-order valence-electron chi connectivity index (χ1n) is 12.5. The summed E-state index contributed by atoms with van der Waals surface area (Å²) in [6, 6.07) is 12.1. The van der Waals surface area contributed by atoms with Crippen molar-refractivity contribution in [3.8, 4) is 0 Å². The van der Waals surface area contributed by atoms with E-state index in [1.807, 2.05) is 0 Å². The zero-order chi connectivity index (χ0) is 23.7. The molecule has 0 N–H and O–H groups in total. The fourth-order valence-corrected chi connectivity index (χ4v) is 5.71. The highest BCUT2D eigenvalue weighted by Gasteiger charge is 2.31. The Bertz CT molecular complexity index is 1010. The number of halogens is 3. The van der Waals surface area contributed by atoms with Crippen LogP contribution >= 0.6 is 0 Å². The lowest BCUT2D eigenvalue weighted by Crippen LogP contribution is -2.48. The summed E-state index contributed by atoms with van der Waals surface area (Å²) in [4.78, 5) is 19.5. The number of rotatable bonds is 3. The summed E-state index contributed by atoms with van der Waals surface area (Å²) >= 11 is 0. The first-order valence-corrected chi connectivity index (χ1v) is 12.5. The number of nitrogens with zero attached hydrogens (tertiary/aromatic N) is 3. The van der Waals surface area contributed by atoms with Crippen molar-refractivity contribution in [1.82, 2.24) is 9.80 Å². The Balaban J connectivity index is 1.19. The summed E-state index contributed by atoms with van der Waals surface area (Å²) in [6.07, 6.45) is 3.23. The van der Waals surface area contributed by atoms with E-state index in [1.54, 1.807) is 4.90 Å². The molecule has 2 aromatic rings. The maximum Gasteiger partial charge on any atom is 0.416 e. The van der Waals surface area contributed by atoms with Gasteiger partial charge in [-0.1, -0.05) is 18.9 Å². The minimum absolute atomic E-state index is 0.206. The summed E-state index contributed by atoms with van der Waals surface area (Å²) < 4.78 is 38.4. The maximum absolute atomic E-state index is 12.8. The van der Waals surface area contributed by atoms with Crippen LogP contribution in [0.4, 0.5) is 18.9 Å². The van der Waals surface area contributed by atoms with Crippen LogP contribution in [0, 0.1) is 0 Å². The highest BCUT2D eigenvalue weighted by atomic mass is 19.4. The van der Waals surface area contributed by atoms with Crippen LogP contribution < -0.4 is 4.90 Å². The maximum atomic E-state index is 12.8. The van der Waals surface area contributed by atoms with Crippen LogP contribution in [0.25, 0.3) is 0 Å². The van der Waals surface area contributed by atoms with Gasteiger partial charge in [-0.2, -0.15) is 13.2 Å². The molecule has 1 amide bonds. The molecule has 182 valence electrons. The third-order valence-electron chi connectivity index (χ3n) is 7.76. The molecule has 3 aliphatic rings. The van der Waals surface area contributed by atoms with Gasteiger partial charge >= 0.3 is 6.18 Å². The Kier molecular flexibility index (Phi) is 6.56. The Labute approximate surface area is 199 Å². The van der Waals surface area contributed by atoms with E-state index in [4.69, 9.17) is 0 Å². The molecule has 0 aromatic heterocycles. The molecular formula is C27H32F3N3O. The average Bonchev–Trinajstić information content (AvgIpc) is 3.30. The number of alkyl halides is 3. The molecule has 2 fully saturated rings. The molecule has 1 aliphatic carbocycles. The summed E-state index contributed by atoms with van der Waals surface area (Å²) in [5.41, 5.74) is 3.68. The molecular weight excluding hydrogens is 439 g/mol. The number of anilines is 1. The molecule has 34 heavy (non-hydrogen) atoms. The molecule has 5 rings (SSSR count). The van der Waals surface area contributed by atoms with E-state index in [0.29, 0.717) is 18.7 Å².